The van der Waals surface area contributed by atoms with Crippen LogP contribution in [0.3, 0.4) is 0 Å². The van der Waals surface area contributed by atoms with Crippen molar-refractivity contribution < 1.29 is 19.5 Å². The molecule has 0 heterocycles. The molecule has 4 nitrogen and oxygen atoms in total. The lowest BCUT2D eigenvalue weighted by Gasteiger charge is -2.31. The third kappa shape index (κ3) is 3.68. The fourth-order valence-corrected chi connectivity index (χ4v) is 3.61. The molecule has 3 N–H and O–H groups in total. The van der Waals surface area contributed by atoms with Gasteiger partial charge in [-0.1, -0.05) is 48.5 Å². The molecule has 0 saturated carbocycles. The molecule has 0 unspecified atom stereocenters. The summed E-state index contributed by atoms with van der Waals surface area (Å²) in [5.41, 5.74) is 0.959. The minimum atomic E-state index is -4.40. The van der Waals surface area contributed by atoms with Crippen molar-refractivity contribution >= 4 is 12.9 Å². The molecule has 0 fully saturated rings. The third-order valence-electron chi connectivity index (χ3n) is 3.61. The van der Waals surface area contributed by atoms with Crippen molar-refractivity contribution in [3.05, 3.63) is 22.8 Å². The van der Waals surface area contributed by atoms with Crippen LogP contribution in [0.15, 0.2) is 6.07 Å². The van der Waals surface area contributed by atoms with Crippen LogP contribution in [0.4, 0.5) is 0 Å². The normalized spacial score (nSPS) is 13.6. The Morgan fingerprint density at radius 3 is 1.81 bits per heavy atom. The van der Waals surface area contributed by atoms with E-state index in [1.807, 2.05) is 48.5 Å². The van der Waals surface area contributed by atoms with Gasteiger partial charge in [0.15, 0.2) is 0 Å². The Morgan fingerprint density at radius 2 is 1.52 bits per heavy atom. The summed E-state index contributed by atoms with van der Waals surface area (Å²) in [6.07, 6.45) is 0.463. The van der Waals surface area contributed by atoms with E-state index < -0.39 is 18.4 Å². The lowest BCUT2D eigenvalue weighted by Crippen LogP contribution is -2.25. The first-order chi connectivity index (χ1) is 9.21. The van der Waals surface area contributed by atoms with Gasteiger partial charge in [0.05, 0.1) is 5.30 Å². The maximum absolute atomic E-state index is 11.9. The summed E-state index contributed by atoms with van der Waals surface area (Å²) in [7, 11) is -4.40. The van der Waals surface area contributed by atoms with Gasteiger partial charge in [0.25, 0.3) is 0 Å². The summed E-state index contributed by atoms with van der Waals surface area (Å²) in [6.45, 7) is 13.4. The SMILES string of the molecule is CCc1c(P(=O)(O)O)cc(C(C)(C)C)c(O)c1C(C)(C)C. The van der Waals surface area contributed by atoms with Gasteiger partial charge in [-0.3, -0.25) is 4.57 Å². The number of rotatable bonds is 2. The summed E-state index contributed by atoms with van der Waals surface area (Å²) in [6, 6.07) is 1.48. The minimum absolute atomic E-state index is 0.0395. The zero-order valence-electron chi connectivity index (χ0n) is 14.0. The highest BCUT2D eigenvalue weighted by Gasteiger charge is 2.34. The third-order valence-corrected chi connectivity index (χ3v) is 4.64. The Balaban J connectivity index is 3.98. The maximum Gasteiger partial charge on any atom is 0.356 e. The molecular weight excluding hydrogens is 287 g/mol. The molecule has 1 rings (SSSR count). The number of hydrogen-bond acceptors (Lipinski definition) is 2. The molecule has 0 radical (unpaired) electrons. The molecule has 0 atom stereocenters. The van der Waals surface area contributed by atoms with Crippen molar-refractivity contribution in [2.75, 3.05) is 0 Å². The predicted molar refractivity (Wildman–Crippen MR) is 86.6 cm³/mol. The van der Waals surface area contributed by atoms with Gasteiger partial charge in [-0.25, -0.2) is 0 Å². The van der Waals surface area contributed by atoms with Gasteiger partial charge in [-0.2, -0.15) is 0 Å². The summed E-state index contributed by atoms with van der Waals surface area (Å²) in [5.74, 6) is 0.157. The number of hydrogen-bond donors (Lipinski definition) is 3. The van der Waals surface area contributed by atoms with Gasteiger partial charge in [0, 0.05) is 11.1 Å². The van der Waals surface area contributed by atoms with E-state index >= 15 is 0 Å². The Kier molecular flexibility index (Phi) is 4.70. The Labute approximate surface area is 127 Å². The highest BCUT2D eigenvalue weighted by molar-refractivity contribution is 7.60. The van der Waals surface area contributed by atoms with E-state index in [0.29, 0.717) is 23.1 Å². The van der Waals surface area contributed by atoms with E-state index in [0.717, 1.165) is 0 Å². The first-order valence-electron chi connectivity index (χ1n) is 7.17. The molecule has 0 aromatic heterocycles. The molecule has 0 saturated heterocycles. The molecule has 0 aliphatic carbocycles. The van der Waals surface area contributed by atoms with Crippen molar-refractivity contribution in [3.63, 3.8) is 0 Å². The summed E-state index contributed by atoms with van der Waals surface area (Å²) >= 11 is 0. The van der Waals surface area contributed by atoms with E-state index in [9.17, 15) is 19.5 Å². The predicted octanol–water partition coefficient (Wildman–Crippen LogP) is 3.35. The highest BCUT2D eigenvalue weighted by atomic mass is 31.2. The molecule has 0 amide bonds. The van der Waals surface area contributed by atoms with Crippen LogP contribution in [-0.4, -0.2) is 14.9 Å². The van der Waals surface area contributed by atoms with Crippen molar-refractivity contribution in [2.45, 2.75) is 65.7 Å². The molecule has 5 heteroatoms. The fourth-order valence-electron chi connectivity index (χ4n) is 2.70. The number of benzene rings is 1. The average molecular weight is 314 g/mol. The average Bonchev–Trinajstić information content (AvgIpc) is 2.22. The van der Waals surface area contributed by atoms with Gasteiger partial charge in [0.2, 0.25) is 0 Å². The first-order valence-corrected chi connectivity index (χ1v) is 8.78. The molecule has 1 aromatic carbocycles. The van der Waals surface area contributed by atoms with Crippen LogP contribution in [0.5, 0.6) is 5.75 Å². The van der Waals surface area contributed by atoms with Crippen LogP contribution in [0.1, 0.15) is 65.2 Å². The zero-order chi connectivity index (χ0) is 16.8. The van der Waals surface area contributed by atoms with Crippen LogP contribution < -0.4 is 5.30 Å². The Morgan fingerprint density at radius 1 is 1.05 bits per heavy atom. The standard InChI is InChI=1S/C16H27O4P/c1-8-10-12(21(18,19)20)9-11(15(2,3)4)14(17)13(10)16(5,6)7/h9,17H,8H2,1-7H3,(H2,18,19,20). The minimum Gasteiger partial charge on any atom is -0.507 e. The van der Waals surface area contributed by atoms with E-state index in [4.69, 9.17) is 0 Å². The molecule has 120 valence electrons. The number of phenols is 1. The van der Waals surface area contributed by atoms with Crippen molar-refractivity contribution in [1.29, 1.82) is 0 Å². The molecule has 0 aliphatic rings. The van der Waals surface area contributed by atoms with Crippen LogP contribution in [0, 0.1) is 0 Å². The second kappa shape index (κ2) is 5.42. The van der Waals surface area contributed by atoms with E-state index in [2.05, 4.69) is 0 Å². The van der Waals surface area contributed by atoms with E-state index in [1.165, 1.54) is 6.07 Å². The van der Waals surface area contributed by atoms with Crippen LogP contribution in [-0.2, 0) is 21.8 Å². The second-order valence-corrected chi connectivity index (χ2v) is 9.11. The molecule has 21 heavy (non-hydrogen) atoms. The highest BCUT2D eigenvalue weighted by Crippen LogP contribution is 2.45. The van der Waals surface area contributed by atoms with E-state index in [1.54, 1.807) is 0 Å². The first kappa shape index (κ1) is 18.2. The van der Waals surface area contributed by atoms with Crippen LogP contribution in [0.2, 0.25) is 0 Å². The van der Waals surface area contributed by atoms with Gasteiger partial charge < -0.3 is 14.9 Å². The topological polar surface area (TPSA) is 77.8 Å². The van der Waals surface area contributed by atoms with Crippen LogP contribution >= 0.6 is 7.60 Å². The van der Waals surface area contributed by atoms with Crippen molar-refractivity contribution in [2.24, 2.45) is 0 Å². The van der Waals surface area contributed by atoms with Gasteiger partial charge >= 0.3 is 7.60 Å². The summed E-state index contributed by atoms with van der Waals surface area (Å²) in [4.78, 5) is 19.4. The molecule has 1 aromatic rings. The molecular formula is C16H27O4P. The Bertz CT molecular complexity index is 586. The molecule has 0 spiro atoms. The quantitative estimate of drug-likeness (QED) is 0.732. The fraction of sp³-hybridized carbons (Fsp3) is 0.625. The maximum atomic E-state index is 11.9. The zero-order valence-corrected chi connectivity index (χ0v) is 14.9. The largest absolute Gasteiger partial charge is 0.507 e. The molecule has 0 aliphatic heterocycles. The van der Waals surface area contributed by atoms with Gasteiger partial charge in [-0.05, 0) is 28.9 Å². The van der Waals surface area contributed by atoms with E-state index in [-0.39, 0.29) is 11.1 Å². The molecule has 0 bridgehead atoms. The number of aromatic hydroxyl groups is 1. The van der Waals surface area contributed by atoms with Crippen LogP contribution in [0.25, 0.3) is 0 Å². The van der Waals surface area contributed by atoms with Gasteiger partial charge in [0.1, 0.15) is 5.75 Å². The van der Waals surface area contributed by atoms with Gasteiger partial charge in [-0.15, -0.1) is 0 Å². The monoisotopic (exact) mass is 314 g/mol. The second-order valence-electron chi connectivity index (χ2n) is 7.54. The van der Waals surface area contributed by atoms with Crippen molar-refractivity contribution in [3.8, 4) is 5.75 Å². The Hall–Kier alpha value is -0.830. The lowest BCUT2D eigenvalue weighted by atomic mass is 9.77. The lowest BCUT2D eigenvalue weighted by molar-refractivity contribution is 0.386. The summed E-state index contributed by atoms with van der Waals surface area (Å²) in [5, 5.41) is 10.7. The summed E-state index contributed by atoms with van der Waals surface area (Å²) < 4.78 is 11.9. The number of phenolic OH excluding ortho intramolecular Hbond substituents is 1. The smallest absolute Gasteiger partial charge is 0.356 e. The van der Waals surface area contributed by atoms with Crippen molar-refractivity contribution in [1.82, 2.24) is 0 Å².